The molecule has 10 heteroatoms. The van der Waals surface area contributed by atoms with Crippen molar-refractivity contribution in [2.24, 2.45) is 0 Å². The number of hydrogen-bond donors (Lipinski definition) is 1. The van der Waals surface area contributed by atoms with Gasteiger partial charge in [0.05, 0.1) is 17.7 Å². The Morgan fingerprint density at radius 3 is 2.45 bits per heavy atom. The summed E-state index contributed by atoms with van der Waals surface area (Å²) in [5.74, 6) is 0.874. The number of hydrogen-bond acceptors (Lipinski definition) is 5. The largest absolute Gasteiger partial charge is 0.438 e. The third-order valence-electron chi connectivity index (χ3n) is 4.56. The second kappa shape index (κ2) is 9.11. The van der Waals surface area contributed by atoms with Crippen molar-refractivity contribution >= 4 is 11.6 Å². The number of aryl methyl sites for hydroxylation is 1. The molecule has 0 unspecified atom stereocenters. The Hall–Kier alpha value is -4.21. The van der Waals surface area contributed by atoms with Crippen LogP contribution in [0.2, 0.25) is 0 Å². The Balaban J connectivity index is 1.34. The summed E-state index contributed by atoms with van der Waals surface area (Å²) >= 11 is 0. The van der Waals surface area contributed by atoms with Crippen molar-refractivity contribution < 1.29 is 22.7 Å². The van der Waals surface area contributed by atoms with Crippen molar-refractivity contribution in [2.75, 3.05) is 5.32 Å². The first-order valence-electron chi connectivity index (χ1n) is 9.86. The minimum absolute atomic E-state index is 0.181. The highest BCUT2D eigenvalue weighted by Gasteiger charge is 2.30. The second-order valence-electron chi connectivity index (χ2n) is 7.18. The molecule has 1 amide bonds. The normalized spacial score (nSPS) is 11.3. The highest BCUT2D eigenvalue weighted by atomic mass is 19.4. The van der Waals surface area contributed by atoms with E-state index in [9.17, 15) is 18.0 Å². The van der Waals surface area contributed by atoms with E-state index in [1.165, 1.54) is 12.1 Å². The first-order chi connectivity index (χ1) is 15.8. The molecule has 0 aliphatic heterocycles. The summed E-state index contributed by atoms with van der Waals surface area (Å²) in [7, 11) is 0. The van der Waals surface area contributed by atoms with Crippen molar-refractivity contribution in [3.8, 4) is 17.4 Å². The van der Waals surface area contributed by atoms with E-state index >= 15 is 0 Å². The van der Waals surface area contributed by atoms with Crippen molar-refractivity contribution in [1.82, 2.24) is 20.0 Å². The van der Waals surface area contributed by atoms with Gasteiger partial charge >= 0.3 is 6.18 Å². The maximum Gasteiger partial charge on any atom is 0.416 e. The molecule has 0 bridgehead atoms. The monoisotopic (exact) mass is 453 g/mol. The number of alkyl halides is 3. The molecule has 0 aliphatic rings. The molecule has 0 fully saturated rings. The fraction of sp³-hybridized carbons (Fsp3) is 0.130. The van der Waals surface area contributed by atoms with Crippen LogP contribution in [-0.2, 0) is 17.4 Å². The Morgan fingerprint density at radius 2 is 1.82 bits per heavy atom. The van der Waals surface area contributed by atoms with Gasteiger partial charge in [-0.15, -0.1) is 10.2 Å². The lowest BCUT2D eigenvalue weighted by atomic mass is 10.1. The highest BCUT2D eigenvalue weighted by Crippen LogP contribution is 2.29. The van der Waals surface area contributed by atoms with E-state index in [0.717, 1.165) is 17.8 Å². The van der Waals surface area contributed by atoms with Gasteiger partial charge in [-0.05, 0) is 55.0 Å². The molecule has 7 nitrogen and oxygen atoms in total. The summed E-state index contributed by atoms with van der Waals surface area (Å²) in [4.78, 5) is 12.2. The molecule has 2 heterocycles. The zero-order valence-electron chi connectivity index (χ0n) is 17.4. The lowest BCUT2D eigenvalue weighted by molar-refractivity contribution is -0.137. The van der Waals surface area contributed by atoms with Gasteiger partial charge in [0.15, 0.2) is 5.82 Å². The molecular formula is C23H18F3N5O2. The summed E-state index contributed by atoms with van der Waals surface area (Å²) in [6, 6.07) is 16.4. The predicted molar refractivity (Wildman–Crippen MR) is 114 cm³/mol. The number of anilines is 1. The van der Waals surface area contributed by atoms with Crippen LogP contribution in [0.5, 0.6) is 11.6 Å². The van der Waals surface area contributed by atoms with Gasteiger partial charge in [0.1, 0.15) is 5.75 Å². The molecule has 33 heavy (non-hydrogen) atoms. The molecule has 0 spiro atoms. The number of benzene rings is 2. The number of nitrogens with zero attached hydrogens (tertiary/aromatic N) is 4. The van der Waals surface area contributed by atoms with Crippen LogP contribution in [-0.4, -0.2) is 25.9 Å². The van der Waals surface area contributed by atoms with Crippen LogP contribution in [0.15, 0.2) is 72.9 Å². The van der Waals surface area contributed by atoms with E-state index in [2.05, 4.69) is 20.6 Å². The number of nitrogens with one attached hydrogen (secondary N) is 1. The summed E-state index contributed by atoms with van der Waals surface area (Å²) in [6.07, 6.45) is -2.86. The van der Waals surface area contributed by atoms with E-state index in [4.69, 9.17) is 4.74 Å². The van der Waals surface area contributed by atoms with Crippen molar-refractivity contribution in [3.63, 3.8) is 0 Å². The standard InChI is InChI=1S/C23H18F3N5O2/c1-15-11-12-31(30-15)20-9-10-22(29-28-20)33-19-7-5-18(6-8-19)27-21(32)14-16-3-2-4-17(13-16)23(24,25)26/h2-13H,14H2,1H3,(H,27,32). The van der Waals surface area contributed by atoms with Crippen molar-refractivity contribution in [3.05, 3.63) is 89.7 Å². The fourth-order valence-electron chi connectivity index (χ4n) is 3.01. The molecule has 4 aromatic rings. The van der Waals surface area contributed by atoms with Gasteiger partial charge in [-0.1, -0.05) is 18.2 Å². The maximum atomic E-state index is 12.8. The quantitative estimate of drug-likeness (QED) is 0.446. The fourth-order valence-corrected chi connectivity index (χ4v) is 3.01. The predicted octanol–water partition coefficient (Wildman–Crippen LogP) is 4.96. The number of halogens is 3. The van der Waals surface area contributed by atoms with Crippen molar-refractivity contribution in [2.45, 2.75) is 19.5 Å². The zero-order chi connectivity index (χ0) is 23.4. The van der Waals surface area contributed by atoms with E-state index in [1.54, 1.807) is 47.3 Å². The SMILES string of the molecule is Cc1ccn(-c2ccc(Oc3ccc(NC(=O)Cc4cccc(C(F)(F)F)c4)cc3)nn2)n1. The Bertz CT molecular complexity index is 1250. The van der Waals surface area contributed by atoms with Gasteiger partial charge in [0.25, 0.3) is 0 Å². The summed E-state index contributed by atoms with van der Waals surface area (Å²) in [6.45, 7) is 1.87. The van der Waals surface area contributed by atoms with E-state index in [0.29, 0.717) is 17.3 Å². The average molecular weight is 453 g/mol. The first kappa shape index (κ1) is 22.0. The molecule has 0 aliphatic carbocycles. The Kier molecular flexibility index (Phi) is 6.07. The number of ether oxygens (including phenoxy) is 1. The topological polar surface area (TPSA) is 81.9 Å². The molecule has 0 radical (unpaired) electrons. The second-order valence-corrected chi connectivity index (χ2v) is 7.18. The summed E-state index contributed by atoms with van der Waals surface area (Å²) in [5.41, 5.74) is 0.827. The minimum atomic E-state index is -4.45. The van der Waals surface area contributed by atoms with Crippen LogP contribution in [0.25, 0.3) is 5.82 Å². The van der Waals surface area contributed by atoms with Gasteiger partial charge in [0.2, 0.25) is 11.8 Å². The third-order valence-corrected chi connectivity index (χ3v) is 4.56. The smallest absolute Gasteiger partial charge is 0.416 e. The van der Waals surface area contributed by atoms with E-state index < -0.39 is 17.6 Å². The van der Waals surface area contributed by atoms with Crippen molar-refractivity contribution in [1.29, 1.82) is 0 Å². The first-order valence-corrected chi connectivity index (χ1v) is 9.86. The summed E-state index contributed by atoms with van der Waals surface area (Å²) in [5, 5.41) is 15.0. The number of amides is 1. The number of rotatable bonds is 6. The van der Waals surface area contributed by atoms with E-state index in [1.807, 2.05) is 13.0 Å². The summed E-state index contributed by atoms with van der Waals surface area (Å²) < 4.78 is 45.7. The maximum absolute atomic E-state index is 12.8. The van der Waals surface area contributed by atoms with Crippen LogP contribution in [0.3, 0.4) is 0 Å². The minimum Gasteiger partial charge on any atom is -0.438 e. The average Bonchev–Trinajstić information content (AvgIpc) is 3.21. The van der Waals surface area contributed by atoms with Crippen LogP contribution in [0, 0.1) is 6.92 Å². The molecule has 1 N–H and O–H groups in total. The number of aromatic nitrogens is 4. The Labute approximate surface area is 186 Å². The van der Waals surface area contributed by atoms with Gasteiger partial charge in [-0.2, -0.15) is 18.3 Å². The molecule has 0 saturated heterocycles. The Morgan fingerprint density at radius 1 is 1.03 bits per heavy atom. The molecule has 168 valence electrons. The van der Waals surface area contributed by atoms with Crippen LogP contribution in [0.4, 0.5) is 18.9 Å². The molecule has 2 aromatic carbocycles. The highest BCUT2D eigenvalue weighted by molar-refractivity contribution is 5.92. The number of carbonyl (C=O) groups is 1. The molecule has 0 saturated carbocycles. The van der Waals surface area contributed by atoms with Gasteiger partial charge < -0.3 is 10.1 Å². The van der Waals surface area contributed by atoms with Gasteiger partial charge in [-0.3, -0.25) is 4.79 Å². The molecule has 4 rings (SSSR count). The lowest BCUT2D eigenvalue weighted by Crippen LogP contribution is -2.15. The van der Waals surface area contributed by atoms with Crippen LogP contribution >= 0.6 is 0 Å². The lowest BCUT2D eigenvalue weighted by Gasteiger charge is -2.10. The van der Waals surface area contributed by atoms with Crippen LogP contribution < -0.4 is 10.1 Å². The number of carbonyl (C=O) groups excluding carboxylic acids is 1. The third kappa shape index (κ3) is 5.73. The van der Waals surface area contributed by atoms with Gasteiger partial charge in [0, 0.05) is 18.0 Å². The van der Waals surface area contributed by atoms with Gasteiger partial charge in [-0.25, -0.2) is 4.68 Å². The zero-order valence-corrected chi connectivity index (χ0v) is 17.4. The molecule has 2 aromatic heterocycles. The van der Waals surface area contributed by atoms with E-state index in [-0.39, 0.29) is 17.9 Å². The molecule has 0 atom stereocenters. The molecular weight excluding hydrogens is 435 g/mol. The van der Waals surface area contributed by atoms with Crippen LogP contribution in [0.1, 0.15) is 16.8 Å².